The van der Waals surface area contributed by atoms with Crippen molar-refractivity contribution in [2.75, 3.05) is 11.1 Å². The van der Waals surface area contributed by atoms with E-state index < -0.39 is 4.92 Å². The number of hydrogen-bond donors (Lipinski definition) is 2. The van der Waals surface area contributed by atoms with Crippen molar-refractivity contribution >= 4 is 44.0 Å². The SMILES string of the molecule is Nc1ncnc2sc(Nc3ccc([N+](=O)[O-])cc3)nc12. The van der Waals surface area contributed by atoms with E-state index in [9.17, 15) is 10.1 Å². The molecule has 0 fully saturated rings. The zero-order valence-electron chi connectivity index (χ0n) is 9.98. The van der Waals surface area contributed by atoms with Gasteiger partial charge in [-0.15, -0.1) is 0 Å². The average molecular weight is 288 g/mol. The summed E-state index contributed by atoms with van der Waals surface area (Å²) in [6.45, 7) is 0. The minimum Gasteiger partial charge on any atom is -0.382 e. The van der Waals surface area contributed by atoms with Gasteiger partial charge in [0.2, 0.25) is 0 Å². The molecule has 0 amide bonds. The summed E-state index contributed by atoms with van der Waals surface area (Å²) < 4.78 is 0. The fraction of sp³-hybridized carbons (Fsp3) is 0. The first kappa shape index (κ1) is 12.2. The van der Waals surface area contributed by atoms with Gasteiger partial charge in [0.1, 0.15) is 11.8 Å². The van der Waals surface area contributed by atoms with E-state index in [2.05, 4.69) is 20.3 Å². The van der Waals surface area contributed by atoms with E-state index in [4.69, 9.17) is 5.73 Å². The minimum atomic E-state index is -0.447. The van der Waals surface area contributed by atoms with Crippen molar-refractivity contribution in [1.29, 1.82) is 0 Å². The summed E-state index contributed by atoms with van der Waals surface area (Å²) in [5.74, 6) is 0.322. The molecular weight excluding hydrogens is 280 g/mol. The van der Waals surface area contributed by atoms with Crippen LogP contribution in [0.4, 0.5) is 22.3 Å². The molecule has 9 heteroatoms. The summed E-state index contributed by atoms with van der Waals surface area (Å²) in [5, 5.41) is 14.2. The number of aromatic nitrogens is 3. The highest BCUT2D eigenvalue weighted by atomic mass is 32.1. The van der Waals surface area contributed by atoms with Crippen LogP contribution in [0.25, 0.3) is 10.3 Å². The van der Waals surface area contributed by atoms with Crippen LogP contribution in [0.5, 0.6) is 0 Å². The summed E-state index contributed by atoms with van der Waals surface area (Å²) in [4.78, 5) is 23.0. The first-order valence-corrected chi connectivity index (χ1v) is 6.33. The quantitative estimate of drug-likeness (QED) is 0.560. The molecule has 20 heavy (non-hydrogen) atoms. The molecule has 0 saturated carbocycles. The van der Waals surface area contributed by atoms with Gasteiger partial charge in [-0.1, -0.05) is 11.3 Å². The Kier molecular flexibility index (Phi) is 2.88. The standard InChI is InChI=1S/C11H8N6O2S/c12-9-8-10(14-5-13-9)20-11(16-8)15-6-1-3-7(4-2-6)17(18)19/h1-5H,(H,15,16)(H2,12,13,14). The van der Waals surface area contributed by atoms with E-state index in [0.717, 1.165) is 0 Å². The fourth-order valence-corrected chi connectivity index (χ4v) is 2.45. The van der Waals surface area contributed by atoms with Crippen molar-refractivity contribution < 1.29 is 4.92 Å². The molecule has 2 aromatic heterocycles. The molecule has 3 N–H and O–H groups in total. The molecule has 0 atom stereocenters. The van der Waals surface area contributed by atoms with Gasteiger partial charge >= 0.3 is 0 Å². The average Bonchev–Trinajstić information content (AvgIpc) is 2.83. The van der Waals surface area contributed by atoms with Gasteiger partial charge in [0.05, 0.1) is 4.92 Å². The molecule has 0 bridgehead atoms. The summed E-state index contributed by atoms with van der Waals surface area (Å²) in [6, 6.07) is 6.06. The molecule has 0 radical (unpaired) electrons. The second kappa shape index (κ2) is 4.70. The number of nitrogens with one attached hydrogen (secondary N) is 1. The van der Waals surface area contributed by atoms with Crippen LogP contribution in [-0.4, -0.2) is 19.9 Å². The molecule has 3 rings (SSSR count). The Bertz CT molecular complexity index is 785. The molecule has 0 spiro atoms. The van der Waals surface area contributed by atoms with Gasteiger partial charge in [0.25, 0.3) is 5.69 Å². The summed E-state index contributed by atoms with van der Waals surface area (Å²) >= 11 is 1.33. The Hall–Kier alpha value is -2.81. The number of nitrogens with zero attached hydrogens (tertiary/aromatic N) is 4. The lowest BCUT2D eigenvalue weighted by atomic mass is 10.3. The predicted octanol–water partition coefficient (Wildman–Crippen LogP) is 2.32. The number of nitro groups is 1. The third kappa shape index (κ3) is 2.21. The molecule has 0 saturated heterocycles. The lowest BCUT2D eigenvalue weighted by Gasteiger charge is -2.00. The highest BCUT2D eigenvalue weighted by molar-refractivity contribution is 7.21. The number of thiazole rings is 1. The predicted molar refractivity (Wildman–Crippen MR) is 76.0 cm³/mol. The van der Waals surface area contributed by atoms with Crippen molar-refractivity contribution in [3.05, 3.63) is 40.7 Å². The van der Waals surface area contributed by atoms with Crippen molar-refractivity contribution in [2.24, 2.45) is 0 Å². The highest BCUT2D eigenvalue weighted by Gasteiger charge is 2.09. The minimum absolute atomic E-state index is 0.0370. The van der Waals surface area contributed by atoms with Crippen LogP contribution in [0.3, 0.4) is 0 Å². The third-order valence-electron chi connectivity index (χ3n) is 2.55. The van der Waals surface area contributed by atoms with E-state index >= 15 is 0 Å². The molecule has 0 aliphatic carbocycles. The van der Waals surface area contributed by atoms with Crippen LogP contribution in [0.1, 0.15) is 0 Å². The Morgan fingerprint density at radius 1 is 1.25 bits per heavy atom. The smallest absolute Gasteiger partial charge is 0.269 e. The third-order valence-corrected chi connectivity index (χ3v) is 3.43. The maximum absolute atomic E-state index is 10.6. The van der Waals surface area contributed by atoms with Crippen LogP contribution in [0.2, 0.25) is 0 Å². The fourth-order valence-electron chi connectivity index (χ4n) is 1.61. The van der Waals surface area contributed by atoms with Gasteiger partial charge in [-0.05, 0) is 12.1 Å². The number of nitrogen functional groups attached to an aromatic ring is 1. The number of fused-ring (bicyclic) bond motifs is 1. The normalized spacial score (nSPS) is 10.6. The Balaban J connectivity index is 1.89. The summed E-state index contributed by atoms with van der Waals surface area (Å²) in [6.07, 6.45) is 1.38. The van der Waals surface area contributed by atoms with E-state index in [1.165, 1.54) is 29.8 Å². The second-order valence-corrected chi connectivity index (χ2v) is 4.84. The number of nitrogens with two attached hydrogens (primary N) is 1. The van der Waals surface area contributed by atoms with Gasteiger partial charge in [-0.25, -0.2) is 15.0 Å². The van der Waals surface area contributed by atoms with Crippen LogP contribution in [0.15, 0.2) is 30.6 Å². The zero-order valence-corrected chi connectivity index (χ0v) is 10.8. The van der Waals surface area contributed by atoms with Crippen molar-refractivity contribution in [3.63, 3.8) is 0 Å². The lowest BCUT2D eigenvalue weighted by Crippen LogP contribution is -1.93. The zero-order chi connectivity index (χ0) is 14.1. The second-order valence-electron chi connectivity index (χ2n) is 3.86. The molecule has 0 aliphatic rings. The van der Waals surface area contributed by atoms with Crippen molar-refractivity contribution in [1.82, 2.24) is 15.0 Å². The van der Waals surface area contributed by atoms with Gasteiger partial charge in [-0.2, -0.15) is 0 Å². The number of anilines is 3. The molecule has 8 nitrogen and oxygen atoms in total. The number of benzene rings is 1. The van der Waals surface area contributed by atoms with E-state index in [-0.39, 0.29) is 5.69 Å². The molecule has 0 unspecified atom stereocenters. The lowest BCUT2D eigenvalue weighted by molar-refractivity contribution is -0.384. The Morgan fingerprint density at radius 2 is 2.00 bits per heavy atom. The van der Waals surface area contributed by atoms with E-state index in [1.807, 2.05) is 0 Å². The maximum Gasteiger partial charge on any atom is 0.269 e. The summed E-state index contributed by atoms with van der Waals surface area (Å²) in [7, 11) is 0. The number of non-ortho nitro benzene ring substituents is 1. The van der Waals surface area contributed by atoms with Crippen LogP contribution in [0, 0.1) is 10.1 Å². The first-order valence-electron chi connectivity index (χ1n) is 5.52. The Morgan fingerprint density at radius 3 is 2.65 bits per heavy atom. The monoisotopic (exact) mass is 288 g/mol. The van der Waals surface area contributed by atoms with Crippen LogP contribution >= 0.6 is 11.3 Å². The van der Waals surface area contributed by atoms with Gasteiger partial charge in [0.15, 0.2) is 15.8 Å². The largest absolute Gasteiger partial charge is 0.382 e. The maximum atomic E-state index is 10.6. The van der Waals surface area contributed by atoms with E-state index in [1.54, 1.807) is 12.1 Å². The number of nitro benzene ring substituents is 1. The summed E-state index contributed by atoms with van der Waals surface area (Å²) in [5.41, 5.74) is 6.98. The molecule has 2 heterocycles. The molecule has 0 aliphatic heterocycles. The van der Waals surface area contributed by atoms with Crippen molar-refractivity contribution in [2.45, 2.75) is 0 Å². The first-order chi connectivity index (χ1) is 9.63. The molecule has 3 aromatic rings. The highest BCUT2D eigenvalue weighted by Crippen LogP contribution is 2.29. The topological polar surface area (TPSA) is 120 Å². The number of rotatable bonds is 3. The van der Waals surface area contributed by atoms with Gasteiger partial charge < -0.3 is 11.1 Å². The van der Waals surface area contributed by atoms with Crippen molar-refractivity contribution in [3.8, 4) is 0 Å². The molecule has 100 valence electrons. The molecule has 1 aromatic carbocycles. The van der Waals surface area contributed by atoms with Gasteiger partial charge in [0, 0.05) is 17.8 Å². The number of hydrogen-bond acceptors (Lipinski definition) is 8. The van der Waals surface area contributed by atoms with Gasteiger partial charge in [-0.3, -0.25) is 10.1 Å². The van der Waals surface area contributed by atoms with Crippen LogP contribution in [-0.2, 0) is 0 Å². The molecular formula is C11H8N6O2S. The Labute approximate surface area is 116 Å². The van der Waals surface area contributed by atoms with Crippen LogP contribution < -0.4 is 11.1 Å². The van der Waals surface area contributed by atoms with E-state index in [0.29, 0.717) is 27.0 Å².